The largest absolute Gasteiger partial charge is 0.496 e. The number of rotatable bonds is 6. The van der Waals surface area contributed by atoms with Gasteiger partial charge in [0, 0.05) is 17.0 Å². The number of methoxy groups -OCH3 is 1. The summed E-state index contributed by atoms with van der Waals surface area (Å²) in [5, 5.41) is 10.5. The van der Waals surface area contributed by atoms with E-state index < -0.39 is 23.0 Å². The van der Waals surface area contributed by atoms with Crippen molar-refractivity contribution in [1.82, 2.24) is 9.55 Å². The van der Waals surface area contributed by atoms with Crippen LogP contribution in [0.5, 0.6) is 11.5 Å². The van der Waals surface area contributed by atoms with E-state index in [1.165, 1.54) is 24.6 Å². The molecule has 0 aliphatic heterocycles. The molecule has 0 aliphatic carbocycles. The molecule has 4 aromatic rings. The number of thiophene rings is 1. The number of aromatic amines is 1. The summed E-state index contributed by atoms with van der Waals surface area (Å²) in [6.07, 6.45) is 0. The Morgan fingerprint density at radius 3 is 2.72 bits per heavy atom. The van der Waals surface area contributed by atoms with E-state index in [4.69, 9.17) is 9.47 Å². The fourth-order valence-electron chi connectivity index (χ4n) is 3.35. The number of halogens is 1. The second-order valence-electron chi connectivity index (χ2n) is 6.95. The number of hydrogen-bond donors (Lipinski definition) is 2. The highest BCUT2D eigenvalue weighted by molar-refractivity contribution is 7.13. The molecule has 164 valence electrons. The lowest BCUT2D eigenvalue weighted by atomic mass is 10.1. The van der Waals surface area contributed by atoms with Crippen LogP contribution in [0.1, 0.15) is 20.8 Å². The molecule has 0 radical (unpaired) electrons. The second-order valence-corrected chi connectivity index (χ2v) is 7.83. The fraction of sp³-hybridized carbons (Fsp3) is 0.136. The molecule has 2 heterocycles. The number of carboxylic acid groups (broad SMARTS) is 1. The summed E-state index contributed by atoms with van der Waals surface area (Å²) in [5.41, 5.74) is -0.334. The van der Waals surface area contributed by atoms with Gasteiger partial charge in [-0.3, -0.25) is 4.79 Å². The van der Waals surface area contributed by atoms with Crippen molar-refractivity contribution >= 4 is 28.2 Å². The number of ether oxygens (including phenoxy) is 2. The smallest absolute Gasteiger partial charge is 0.346 e. The van der Waals surface area contributed by atoms with Crippen molar-refractivity contribution in [2.75, 3.05) is 7.11 Å². The van der Waals surface area contributed by atoms with Crippen molar-refractivity contribution in [3.8, 4) is 17.2 Å². The maximum absolute atomic E-state index is 14.6. The number of H-pyrrole nitrogens is 1. The number of benzene rings is 2. The average molecular weight is 456 g/mol. The Morgan fingerprint density at radius 2 is 2.00 bits per heavy atom. The van der Waals surface area contributed by atoms with Crippen LogP contribution in [-0.4, -0.2) is 27.7 Å². The number of fused-ring (bicyclic) bond motifs is 1. The van der Waals surface area contributed by atoms with Gasteiger partial charge in [-0.2, -0.15) is 0 Å². The Labute approximate surface area is 184 Å². The van der Waals surface area contributed by atoms with Crippen LogP contribution < -0.4 is 20.7 Å². The van der Waals surface area contributed by atoms with E-state index in [0.29, 0.717) is 10.3 Å². The lowest BCUT2D eigenvalue weighted by molar-refractivity contribution is 0.0704. The van der Waals surface area contributed by atoms with Crippen LogP contribution >= 0.6 is 11.3 Å². The molecule has 4 rings (SSSR count). The van der Waals surface area contributed by atoms with Gasteiger partial charge in [0.25, 0.3) is 5.56 Å². The number of aromatic nitrogens is 2. The number of aryl methyl sites for hydroxylation is 1. The molecular weight excluding hydrogens is 439 g/mol. The number of hydrogen-bond acceptors (Lipinski definition) is 6. The van der Waals surface area contributed by atoms with Crippen molar-refractivity contribution in [3.63, 3.8) is 0 Å². The van der Waals surface area contributed by atoms with E-state index in [9.17, 15) is 23.9 Å². The lowest BCUT2D eigenvalue weighted by Crippen LogP contribution is -2.34. The van der Waals surface area contributed by atoms with E-state index >= 15 is 0 Å². The summed E-state index contributed by atoms with van der Waals surface area (Å²) in [4.78, 5) is 39.1. The second kappa shape index (κ2) is 8.31. The zero-order valence-electron chi connectivity index (χ0n) is 17.0. The zero-order chi connectivity index (χ0) is 23.0. The predicted molar refractivity (Wildman–Crippen MR) is 117 cm³/mol. The fourth-order valence-corrected chi connectivity index (χ4v) is 4.18. The van der Waals surface area contributed by atoms with Crippen LogP contribution in [0.3, 0.4) is 0 Å². The van der Waals surface area contributed by atoms with Crippen LogP contribution in [0.15, 0.2) is 51.4 Å². The SMILES string of the molecule is COc1ccc(C)cc1COc1ccc(F)c(-n2c(=O)[nH]c3csc(C(=O)O)c3c2=O)c1. The summed E-state index contributed by atoms with van der Waals surface area (Å²) < 4.78 is 26.3. The topological polar surface area (TPSA) is 111 Å². The van der Waals surface area contributed by atoms with Gasteiger partial charge in [-0.15, -0.1) is 11.3 Å². The first-order valence-electron chi connectivity index (χ1n) is 9.36. The molecule has 32 heavy (non-hydrogen) atoms. The molecule has 0 bridgehead atoms. The first-order valence-corrected chi connectivity index (χ1v) is 10.2. The van der Waals surface area contributed by atoms with E-state index in [-0.39, 0.29) is 33.8 Å². The molecule has 2 aromatic carbocycles. The Balaban J connectivity index is 1.77. The molecule has 0 fully saturated rings. The highest BCUT2D eigenvalue weighted by Crippen LogP contribution is 2.25. The molecule has 0 unspecified atom stereocenters. The Hall–Kier alpha value is -3.92. The Morgan fingerprint density at radius 1 is 1.22 bits per heavy atom. The minimum Gasteiger partial charge on any atom is -0.496 e. The zero-order valence-corrected chi connectivity index (χ0v) is 17.8. The maximum Gasteiger partial charge on any atom is 0.346 e. The summed E-state index contributed by atoms with van der Waals surface area (Å²) in [7, 11) is 1.54. The maximum atomic E-state index is 14.6. The van der Waals surface area contributed by atoms with Gasteiger partial charge >= 0.3 is 11.7 Å². The van der Waals surface area contributed by atoms with Crippen LogP contribution in [0.25, 0.3) is 16.6 Å². The van der Waals surface area contributed by atoms with E-state index in [1.54, 1.807) is 6.07 Å². The molecule has 2 aromatic heterocycles. The van der Waals surface area contributed by atoms with Gasteiger partial charge in [0.1, 0.15) is 28.8 Å². The van der Waals surface area contributed by atoms with Gasteiger partial charge in [0.05, 0.1) is 23.7 Å². The summed E-state index contributed by atoms with van der Waals surface area (Å²) in [5.74, 6) is -1.33. The number of aromatic carboxylic acids is 1. The molecule has 0 atom stereocenters. The number of carboxylic acids is 1. The van der Waals surface area contributed by atoms with Crippen LogP contribution in [0.2, 0.25) is 0 Å². The number of carbonyl (C=O) groups is 1. The molecule has 0 saturated carbocycles. The van der Waals surface area contributed by atoms with E-state index in [0.717, 1.165) is 28.5 Å². The first kappa shape index (κ1) is 21.3. The highest BCUT2D eigenvalue weighted by atomic mass is 32.1. The van der Waals surface area contributed by atoms with Crippen LogP contribution in [0.4, 0.5) is 4.39 Å². The predicted octanol–water partition coefficient (Wildman–Crippen LogP) is 3.47. The van der Waals surface area contributed by atoms with Gasteiger partial charge in [-0.05, 0) is 31.2 Å². The summed E-state index contributed by atoms with van der Waals surface area (Å²) in [6, 6.07) is 9.23. The van der Waals surface area contributed by atoms with Gasteiger partial charge in [0.2, 0.25) is 0 Å². The Bertz CT molecular complexity index is 1470. The molecule has 0 saturated heterocycles. The molecule has 8 nitrogen and oxygen atoms in total. The first-order chi connectivity index (χ1) is 15.3. The third-order valence-corrected chi connectivity index (χ3v) is 5.80. The van der Waals surface area contributed by atoms with Crippen molar-refractivity contribution in [1.29, 1.82) is 0 Å². The molecule has 10 heteroatoms. The van der Waals surface area contributed by atoms with Crippen molar-refractivity contribution in [2.45, 2.75) is 13.5 Å². The lowest BCUT2D eigenvalue weighted by Gasteiger charge is -2.13. The van der Waals surface area contributed by atoms with E-state index in [1.807, 2.05) is 19.1 Å². The third-order valence-electron chi connectivity index (χ3n) is 4.84. The van der Waals surface area contributed by atoms with Gasteiger partial charge in [-0.25, -0.2) is 18.5 Å². The molecular formula is C22H17FN2O6S. The molecule has 0 amide bonds. The number of nitrogens with zero attached hydrogens (tertiary/aromatic N) is 1. The number of nitrogens with one attached hydrogen (secondary N) is 1. The molecule has 2 N–H and O–H groups in total. The van der Waals surface area contributed by atoms with Gasteiger partial charge < -0.3 is 19.6 Å². The van der Waals surface area contributed by atoms with Crippen LogP contribution in [-0.2, 0) is 6.61 Å². The third kappa shape index (κ3) is 3.76. The van der Waals surface area contributed by atoms with Crippen molar-refractivity contribution < 1.29 is 23.8 Å². The van der Waals surface area contributed by atoms with Crippen molar-refractivity contribution in [2.24, 2.45) is 0 Å². The van der Waals surface area contributed by atoms with Crippen LogP contribution in [0, 0.1) is 12.7 Å². The average Bonchev–Trinajstić information content (AvgIpc) is 3.18. The molecule has 0 spiro atoms. The van der Waals surface area contributed by atoms with Crippen molar-refractivity contribution in [3.05, 3.63) is 84.4 Å². The van der Waals surface area contributed by atoms with Gasteiger partial charge in [-0.1, -0.05) is 11.6 Å². The standard InChI is InChI=1S/C22H17FN2O6S/c1-11-3-6-17(30-2)12(7-11)9-31-13-4-5-14(23)16(8-13)25-20(26)18-15(24-22(25)29)10-32-19(18)21(27)28/h3-8,10H,9H2,1-2H3,(H,24,29)(H,27,28). The van der Waals surface area contributed by atoms with Gasteiger partial charge in [0.15, 0.2) is 0 Å². The highest BCUT2D eigenvalue weighted by Gasteiger charge is 2.20. The minimum atomic E-state index is -1.31. The quantitative estimate of drug-likeness (QED) is 0.460. The normalized spacial score (nSPS) is 11.0. The Kier molecular flexibility index (Phi) is 5.54. The minimum absolute atomic E-state index is 0.0815. The molecule has 0 aliphatic rings. The summed E-state index contributed by atoms with van der Waals surface area (Å²) in [6.45, 7) is 2.03. The van der Waals surface area contributed by atoms with E-state index in [2.05, 4.69) is 4.98 Å². The monoisotopic (exact) mass is 456 g/mol. The summed E-state index contributed by atoms with van der Waals surface area (Å²) >= 11 is 0.802.